The Hall–Kier alpha value is -3.67. The molecule has 29 heavy (non-hydrogen) atoms. The normalized spacial score (nSPS) is 13.9. The molecule has 4 heterocycles. The summed E-state index contributed by atoms with van der Waals surface area (Å²) in [7, 11) is 2.07. The average molecular weight is 381 g/mol. The zero-order valence-corrected chi connectivity index (χ0v) is 16.0. The molecular formula is C23H19N5O. The molecular weight excluding hydrogens is 362 g/mol. The van der Waals surface area contributed by atoms with Gasteiger partial charge in [0.25, 0.3) is 6.01 Å². The minimum Gasteiger partial charge on any atom is -0.423 e. The lowest BCUT2D eigenvalue weighted by atomic mass is 10.0. The molecule has 1 aliphatic rings. The number of hydrogen-bond donors (Lipinski definition) is 0. The molecule has 6 nitrogen and oxygen atoms in total. The van der Waals surface area contributed by atoms with Crippen molar-refractivity contribution in [2.24, 2.45) is 7.05 Å². The number of rotatable bonds is 2. The van der Waals surface area contributed by atoms with Gasteiger partial charge in [0.1, 0.15) is 11.8 Å². The van der Waals surface area contributed by atoms with Crippen LogP contribution in [0.15, 0.2) is 65.6 Å². The van der Waals surface area contributed by atoms with E-state index >= 15 is 0 Å². The molecule has 142 valence electrons. The second-order valence-corrected chi connectivity index (χ2v) is 7.55. The molecule has 0 amide bonds. The highest BCUT2D eigenvalue weighted by molar-refractivity contribution is 5.88. The summed E-state index contributed by atoms with van der Waals surface area (Å²) in [4.78, 5) is 15.4. The third-order valence-corrected chi connectivity index (χ3v) is 5.73. The molecule has 0 radical (unpaired) electrons. The zero-order valence-electron chi connectivity index (χ0n) is 16.0. The summed E-state index contributed by atoms with van der Waals surface area (Å²) in [6, 6.07) is 15.6. The van der Waals surface area contributed by atoms with Gasteiger partial charge in [0, 0.05) is 48.9 Å². The van der Waals surface area contributed by atoms with Crippen LogP contribution in [0.5, 0.6) is 0 Å². The maximum Gasteiger partial charge on any atom is 0.298 e. The number of anilines is 1. The van der Waals surface area contributed by atoms with Gasteiger partial charge in [-0.05, 0) is 41.5 Å². The van der Waals surface area contributed by atoms with Crippen LogP contribution in [-0.4, -0.2) is 26.1 Å². The van der Waals surface area contributed by atoms with Gasteiger partial charge in [-0.3, -0.25) is 0 Å². The summed E-state index contributed by atoms with van der Waals surface area (Å²) in [5.74, 6) is 0. The zero-order chi connectivity index (χ0) is 19.4. The molecule has 0 aliphatic carbocycles. The molecule has 6 rings (SSSR count). The van der Waals surface area contributed by atoms with Crippen LogP contribution in [0.2, 0.25) is 0 Å². The number of nitrogens with zero attached hydrogens (tertiary/aromatic N) is 5. The molecule has 6 heteroatoms. The lowest BCUT2D eigenvalue weighted by Gasteiger charge is -2.25. The SMILES string of the molecule is Cn1ccc2cc(-c3ccc4oc(N5CCc6ncncc6C5)nc4c3)ccc21. The molecule has 0 unspecified atom stereocenters. The quantitative estimate of drug-likeness (QED) is 0.455. The number of hydrogen-bond acceptors (Lipinski definition) is 5. The Kier molecular flexibility index (Phi) is 3.47. The number of fused-ring (bicyclic) bond motifs is 3. The topological polar surface area (TPSA) is 60.0 Å². The monoisotopic (exact) mass is 381 g/mol. The van der Waals surface area contributed by atoms with Crippen LogP contribution in [0.4, 0.5) is 6.01 Å². The standard InChI is InChI=1S/C23H19N5O/c1-27-8-6-17-10-15(2-4-21(17)27)16-3-5-22-20(11-16)26-23(29-22)28-9-7-19-18(13-28)12-24-14-25-19/h2-6,8,10-12,14H,7,9,13H2,1H3. The molecule has 0 bridgehead atoms. The molecule has 3 aromatic heterocycles. The van der Waals surface area contributed by atoms with E-state index in [4.69, 9.17) is 9.40 Å². The molecule has 0 N–H and O–H groups in total. The fourth-order valence-electron chi connectivity index (χ4n) is 4.12. The first-order valence-corrected chi connectivity index (χ1v) is 9.73. The van der Waals surface area contributed by atoms with Gasteiger partial charge in [-0.2, -0.15) is 4.98 Å². The summed E-state index contributed by atoms with van der Waals surface area (Å²) in [5, 5.41) is 1.24. The van der Waals surface area contributed by atoms with Crippen LogP contribution in [0.1, 0.15) is 11.3 Å². The Labute approximate surface area is 167 Å². The fraction of sp³-hybridized carbons (Fsp3) is 0.174. The summed E-state index contributed by atoms with van der Waals surface area (Å²) in [6.45, 7) is 1.56. The molecule has 0 spiro atoms. The first kappa shape index (κ1) is 16.3. The second kappa shape index (κ2) is 6.17. The fourth-order valence-corrected chi connectivity index (χ4v) is 4.12. The van der Waals surface area contributed by atoms with Gasteiger partial charge >= 0.3 is 0 Å². The van der Waals surface area contributed by atoms with Crippen LogP contribution in [-0.2, 0) is 20.0 Å². The summed E-state index contributed by atoms with van der Waals surface area (Å²) >= 11 is 0. The van der Waals surface area contributed by atoms with Crippen molar-refractivity contribution < 1.29 is 4.42 Å². The maximum absolute atomic E-state index is 6.06. The van der Waals surface area contributed by atoms with E-state index < -0.39 is 0 Å². The van der Waals surface area contributed by atoms with E-state index in [2.05, 4.69) is 69.1 Å². The summed E-state index contributed by atoms with van der Waals surface area (Å²) in [5.41, 5.74) is 7.48. The second-order valence-electron chi connectivity index (χ2n) is 7.55. The van der Waals surface area contributed by atoms with Crippen molar-refractivity contribution >= 4 is 28.0 Å². The minimum absolute atomic E-state index is 0.658. The molecule has 2 aromatic carbocycles. The number of oxazole rings is 1. The first-order valence-electron chi connectivity index (χ1n) is 9.73. The summed E-state index contributed by atoms with van der Waals surface area (Å²) in [6.07, 6.45) is 6.46. The van der Waals surface area contributed by atoms with E-state index in [1.54, 1.807) is 6.33 Å². The van der Waals surface area contributed by atoms with Crippen molar-refractivity contribution in [2.45, 2.75) is 13.0 Å². The Bertz CT molecular complexity index is 1370. The Morgan fingerprint density at radius 3 is 2.90 bits per heavy atom. The van der Waals surface area contributed by atoms with E-state index in [-0.39, 0.29) is 0 Å². The highest BCUT2D eigenvalue weighted by atomic mass is 16.4. The third-order valence-electron chi connectivity index (χ3n) is 5.73. The van der Waals surface area contributed by atoms with Gasteiger partial charge in [-0.25, -0.2) is 9.97 Å². The minimum atomic E-state index is 0.658. The predicted octanol–water partition coefficient (Wildman–Crippen LogP) is 4.34. The number of aromatic nitrogens is 4. The summed E-state index contributed by atoms with van der Waals surface area (Å²) < 4.78 is 8.19. The van der Waals surface area contributed by atoms with Crippen LogP contribution in [0.25, 0.3) is 33.1 Å². The lowest BCUT2D eigenvalue weighted by Crippen LogP contribution is -2.31. The average Bonchev–Trinajstić information content (AvgIpc) is 3.36. The smallest absolute Gasteiger partial charge is 0.298 e. The van der Waals surface area contributed by atoms with E-state index in [0.717, 1.165) is 47.4 Å². The van der Waals surface area contributed by atoms with Crippen molar-refractivity contribution in [2.75, 3.05) is 11.4 Å². The Morgan fingerprint density at radius 1 is 1.03 bits per heavy atom. The molecule has 5 aromatic rings. The molecule has 1 aliphatic heterocycles. The first-order chi connectivity index (χ1) is 14.2. The Morgan fingerprint density at radius 2 is 1.93 bits per heavy atom. The van der Waals surface area contributed by atoms with Gasteiger partial charge in [-0.1, -0.05) is 12.1 Å². The van der Waals surface area contributed by atoms with Crippen molar-refractivity contribution in [3.05, 3.63) is 72.4 Å². The van der Waals surface area contributed by atoms with Crippen molar-refractivity contribution in [3.63, 3.8) is 0 Å². The Balaban J connectivity index is 1.35. The third kappa shape index (κ3) is 2.68. The molecule has 0 atom stereocenters. The maximum atomic E-state index is 6.06. The van der Waals surface area contributed by atoms with E-state index in [1.165, 1.54) is 16.5 Å². The largest absolute Gasteiger partial charge is 0.423 e. The lowest BCUT2D eigenvalue weighted by molar-refractivity contribution is 0.551. The van der Waals surface area contributed by atoms with E-state index in [1.807, 2.05) is 12.3 Å². The van der Waals surface area contributed by atoms with Crippen molar-refractivity contribution in [3.8, 4) is 11.1 Å². The molecule has 0 saturated carbocycles. The highest BCUT2D eigenvalue weighted by Gasteiger charge is 2.21. The van der Waals surface area contributed by atoms with Gasteiger partial charge < -0.3 is 13.9 Å². The van der Waals surface area contributed by atoms with E-state index in [0.29, 0.717) is 6.01 Å². The van der Waals surface area contributed by atoms with E-state index in [9.17, 15) is 0 Å². The van der Waals surface area contributed by atoms with Gasteiger partial charge in [0.05, 0.1) is 12.2 Å². The van der Waals surface area contributed by atoms with Gasteiger partial charge in [-0.15, -0.1) is 0 Å². The molecule has 0 saturated heterocycles. The van der Waals surface area contributed by atoms with Crippen LogP contribution in [0.3, 0.4) is 0 Å². The van der Waals surface area contributed by atoms with Gasteiger partial charge in [0.15, 0.2) is 5.58 Å². The van der Waals surface area contributed by atoms with Crippen LogP contribution >= 0.6 is 0 Å². The van der Waals surface area contributed by atoms with Crippen molar-refractivity contribution in [1.29, 1.82) is 0 Å². The van der Waals surface area contributed by atoms with Crippen LogP contribution in [0, 0.1) is 0 Å². The predicted molar refractivity (Wildman–Crippen MR) is 113 cm³/mol. The molecule has 0 fully saturated rings. The number of benzene rings is 2. The highest BCUT2D eigenvalue weighted by Crippen LogP contribution is 2.31. The van der Waals surface area contributed by atoms with Crippen LogP contribution < -0.4 is 4.90 Å². The number of aryl methyl sites for hydroxylation is 1. The van der Waals surface area contributed by atoms with Crippen molar-refractivity contribution in [1.82, 2.24) is 19.5 Å². The van der Waals surface area contributed by atoms with Gasteiger partial charge in [0.2, 0.25) is 0 Å².